The summed E-state index contributed by atoms with van der Waals surface area (Å²) in [6.45, 7) is 3.71. The zero-order valence-electron chi connectivity index (χ0n) is 16.2. The van der Waals surface area contributed by atoms with Gasteiger partial charge in [-0.05, 0) is 61.7 Å². The summed E-state index contributed by atoms with van der Waals surface area (Å²) >= 11 is 0. The molecule has 2 aliphatic heterocycles. The summed E-state index contributed by atoms with van der Waals surface area (Å²) in [4.78, 5) is 26.5. The summed E-state index contributed by atoms with van der Waals surface area (Å²) in [6.07, 6.45) is 3.66. The molecule has 4 rings (SSSR count). The Hall–Kier alpha value is -3.00. The number of piperidine rings is 1. The third-order valence-corrected chi connectivity index (χ3v) is 5.31. The molecule has 29 heavy (non-hydrogen) atoms. The quantitative estimate of drug-likeness (QED) is 0.718. The molecular weight excluding hydrogens is 374 g/mol. The summed E-state index contributed by atoms with van der Waals surface area (Å²) < 4.78 is 16.0. The third-order valence-electron chi connectivity index (χ3n) is 5.31. The number of nitrogens with one attached hydrogen (secondary N) is 2. The molecule has 0 spiro atoms. The number of hydrogen-bond donors (Lipinski definition) is 2. The van der Waals surface area contributed by atoms with Gasteiger partial charge in [-0.25, -0.2) is 0 Å². The van der Waals surface area contributed by atoms with Crippen LogP contribution in [0.25, 0.3) is 0 Å². The summed E-state index contributed by atoms with van der Waals surface area (Å²) in [5.74, 6) is 1.47. The van der Waals surface area contributed by atoms with Gasteiger partial charge in [0.1, 0.15) is 5.76 Å². The molecule has 1 fully saturated rings. The molecule has 0 saturated carbocycles. The van der Waals surface area contributed by atoms with Crippen LogP contribution in [0, 0.1) is 5.92 Å². The lowest BCUT2D eigenvalue weighted by molar-refractivity contribution is -0.139. The monoisotopic (exact) mass is 399 g/mol. The number of ether oxygens (including phenoxy) is 2. The molecule has 2 amide bonds. The molecule has 1 aromatic carbocycles. The standard InChI is InChI=1S/C21H25N3O5/c25-20(21(26)23-12-16-3-4-18-19(10-16)29-14-28-18)22-11-15-5-7-24(8-6-15)13-17-2-1-9-27-17/h1-4,9-10,15H,5-8,11-14H2,(H,22,25)(H,23,26). The normalized spacial score (nSPS) is 16.6. The average molecular weight is 399 g/mol. The third kappa shape index (κ3) is 5.08. The number of furan rings is 1. The number of carbonyl (C=O) groups excluding carboxylic acids is 2. The number of rotatable bonds is 6. The Balaban J connectivity index is 1.15. The number of fused-ring (bicyclic) bond motifs is 1. The van der Waals surface area contributed by atoms with E-state index in [1.165, 1.54) is 0 Å². The van der Waals surface area contributed by atoms with E-state index in [1.54, 1.807) is 18.4 Å². The van der Waals surface area contributed by atoms with Crippen molar-refractivity contribution < 1.29 is 23.5 Å². The lowest BCUT2D eigenvalue weighted by atomic mass is 9.96. The van der Waals surface area contributed by atoms with E-state index in [-0.39, 0.29) is 13.3 Å². The van der Waals surface area contributed by atoms with Crippen LogP contribution in [0.3, 0.4) is 0 Å². The maximum absolute atomic E-state index is 12.1. The molecule has 0 atom stereocenters. The van der Waals surface area contributed by atoms with E-state index in [9.17, 15) is 9.59 Å². The van der Waals surface area contributed by atoms with Gasteiger partial charge in [0, 0.05) is 13.1 Å². The fraction of sp³-hybridized carbons (Fsp3) is 0.429. The highest BCUT2D eigenvalue weighted by molar-refractivity contribution is 6.35. The van der Waals surface area contributed by atoms with Crippen LogP contribution in [0.2, 0.25) is 0 Å². The first-order valence-corrected chi connectivity index (χ1v) is 9.86. The molecule has 0 bridgehead atoms. The second kappa shape index (κ2) is 9.00. The van der Waals surface area contributed by atoms with E-state index in [1.807, 2.05) is 18.2 Å². The van der Waals surface area contributed by atoms with E-state index in [0.29, 0.717) is 24.0 Å². The molecule has 3 heterocycles. The highest BCUT2D eigenvalue weighted by atomic mass is 16.7. The Morgan fingerprint density at radius 1 is 1.03 bits per heavy atom. The lowest BCUT2D eigenvalue weighted by Crippen LogP contribution is -2.43. The van der Waals surface area contributed by atoms with E-state index in [2.05, 4.69) is 15.5 Å². The van der Waals surface area contributed by atoms with Crippen molar-refractivity contribution in [3.63, 3.8) is 0 Å². The minimum absolute atomic E-state index is 0.204. The van der Waals surface area contributed by atoms with Crippen LogP contribution in [0.1, 0.15) is 24.2 Å². The fourth-order valence-electron chi connectivity index (χ4n) is 3.60. The van der Waals surface area contributed by atoms with E-state index >= 15 is 0 Å². The molecule has 154 valence electrons. The second-order valence-corrected chi connectivity index (χ2v) is 7.38. The van der Waals surface area contributed by atoms with Gasteiger partial charge in [0.25, 0.3) is 0 Å². The highest BCUT2D eigenvalue weighted by Crippen LogP contribution is 2.32. The molecular formula is C21H25N3O5. The predicted octanol–water partition coefficient (Wildman–Crippen LogP) is 1.65. The lowest BCUT2D eigenvalue weighted by Gasteiger charge is -2.31. The van der Waals surface area contributed by atoms with E-state index < -0.39 is 11.8 Å². The molecule has 1 saturated heterocycles. The molecule has 2 aromatic rings. The number of carbonyl (C=O) groups is 2. The van der Waals surface area contributed by atoms with Crippen molar-refractivity contribution in [1.82, 2.24) is 15.5 Å². The van der Waals surface area contributed by atoms with E-state index in [0.717, 1.165) is 43.8 Å². The van der Waals surface area contributed by atoms with Crippen LogP contribution in [0.15, 0.2) is 41.0 Å². The highest BCUT2D eigenvalue weighted by Gasteiger charge is 2.22. The van der Waals surface area contributed by atoms with Crippen molar-refractivity contribution >= 4 is 11.8 Å². The summed E-state index contributed by atoms with van der Waals surface area (Å²) in [6, 6.07) is 9.31. The summed E-state index contributed by atoms with van der Waals surface area (Å²) in [7, 11) is 0. The summed E-state index contributed by atoms with van der Waals surface area (Å²) in [5.41, 5.74) is 0.847. The Morgan fingerprint density at radius 3 is 2.62 bits per heavy atom. The number of nitrogens with zero attached hydrogens (tertiary/aromatic N) is 1. The van der Waals surface area contributed by atoms with Crippen LogP contribution in [0.4, 0.5) is 0 Å². The Kier molecular flexibility index (Phi) is 6.00. The Bertz CT molecular complexity index is 844. The van der Waals surface area contributed by atoms with Crippen molar-refractivity contribution in [3.8, 4) is 11.5 Å². The van der Waals surface area contributed by atoms with Gasteiger partial charge in [0.05, 0.1) is 12.8 Å². The molecule has 0 unspecified atom stereocenters. The van der Waals surface area contributed by atoms with Crippen LogP contribution in [0.5, 0.6) is 11.5 Å². The van der Waals surface area contributed by atoms with Crippen LogP contribution < -0.4 is 20.1 Å². The first-order valence-electron chi connectivity index (χ1n) is 9.86. The van der Waals surface area contributed by atoms with Crippen LogP contribution in [-0.4, -0.2) is 43.1 Å². The van der Waals surface area contributed by atoms with Gasteiger partial charge in [-0.3, -0.25) is 14.5 Å². The average Bonchev–Trinajstić information content (AvgIpc) is 3.42. The number of hydrogen-bond acceptors (Lipinski definition) is 6. The van der Waals surface area contributed by atoms with Crippen molar-refractivity contribution in [2.75, 3.05) is 26.4 Å². The van der Waals surface area contributed by atoms with Crippen LogP contribution in [-0.2, 0) is 22.7 Å². The van der Waals surface area contributed by atoms with Crippen LogP contribution >= 0.6 is 0 Å². The SMILES string of the molecule is O=C(NCc1ccc2c(c1)OCO2)C(=O)NCC1CCN(Cc2ccco2)CC1. The molecule has 2 aliphatic rings. The number of amides is 2. The smallest absolute Gasteiger partial charge is 0.309 e. The number of benzene rings is 1. The minimum atomic E-state index is -0.627. The van der Waals surface area contributed by atoms with Gasteiger partial charge in [0.2, 0.25) is 6.79 Å². The van der Waals surface area contributed by atoms with Crippen molar-refractivity contribution in [2.24, 2.45) is 5.92 Å². The predicted molar refractivity (Wildman–Crippen MR) is 104 cm³/mol. The number of likely N-dealkylation sites (tertiary alicyclic amines) is 1. The maximum Gasteiger partial charge on any atom is 0.309 e. The Morgan fingerprint density at radius 2 is 1.83 bits per heavy atom. The first kappa shape index (κ1) is 19.3. The molecule has 8 nitrogen and oxygen atoms in total. The molecule has 0 radical (unpaired) electrons. The van der Waals surface area contributed by atoms with Gasteiger partial charge in [-0.1, -0.05) is 6.07 Å². The van der Waals surface area contributed by atoms with Gasteiger partial charge in [0.15, 0.2) is 11.5 Å². The zero-order valence-corrected chi connectivity index (χ0v) is 16.2. The zero-order chi connectivity index (χ0) is 20.1. The molecule has 8 heteroatoms. The fourth-order valence-corrected chi connectivity index (χ4v) is 3.60. The molecule has 0 aliphatic carbocycles. The van der Waals surface area contributed by atoms with Gasteiger partial charge >= 0.3 is 11.8 Å². The second-order valence-electron chi connectivity index (χ2n) is 7.38. The minimum Gasteiger partial charge on any atom is -0.468 e. The first-order chi connectivity index (χ1) is 14.2. The van der Waals surface area contributed by atoms with Crippen molar-refractivity contribution in [1.29, 1.82) is 0 Å². The Labute approximate surface area is 169 Å². The topological polar surface area (TPSA) is 93.0 Å². The van der Waals surface area contributed by atoms with Crippen molar-refractivity contribution in [2.45, 2.75) is 25.9 Å². The molecule has 1 aromatic heterocycles. The summed E-state index contributed by atoms with van der Waals surface area (Å²) in [5, 5.41) is 5.40. The van der Waals surface area contributed by atoms with Gasteiger partial charge in [-0.15, -0.1) is 0 Å². The van der Waals surface area contributed by atoms with E-state index in [4.69, 9.17) is 13.9 Å². The molecule has 2 N–H and O–H groups in total. The van der Waals surface area contributed by atoms with Gasteiger partial charge < -0.3 is 24.5 Å². The van der Waals surface area contributed by atoms with Gasteiger partial charge in [-0.2, -0.15) is 0 Å². The largest absolute Gasteiger partial charge is 0.468 e. The maximum atomic E-state index is 12.1. The van der Waals surface area contributed by atoms with Crippen molar-refractivity contribution in [3.05, 3.63) is 47.9 Å².